The molecule has 0 aromatic heterocycles. The van der Waals surface area contributed by atoms with Gasteiger partial charge in [-0.15, -0.1) is 0 Å². The molecule has 1 rings (SSSR count). The van der Waals surface area contributed by atoms with Gasteiger partial charge in [0, 0.05) is 22.0 Å². The molecule has 0 atom stereocenters. The summed E-state index contributed by atoms with van der Waals surface area (Å²) < 4.78 is 1.82. The molecule has 0 aliphatic rings. The molecule has 0 radical (unpaired) electrons. The van der Waals surface area contributed by atoms with E-state index in [1.807, 2.05) is 30.0 Å². The van der Waals surface area contributed by atoms with Gasteiger partial charge in [0.15, 0.2) is 0 Å². The van der Waals surface area contributed by atoms with Crippen LogP contribution < -0.4 is 5.32 Å². The number of unbranched alkanes of at least 4 members (excludes halogenated alkanes) is 3. The summed E-state index contributed by atoms with van der Waals surface area (Å²) in [7, 11) is 0. The van der Waals surface area contributed by atoms with E-state index in [-0.39, 0.29) is 5.91 Å². The fourth-order valence-electron chi connectivity index (χ4n) is 2.32. The zero-order chi connectivity index (χ0) is 16.4. The van der Waals surface area contributed by atoms with Crippen molar-refractivity contribution in [1.82, 2.24) is 10.2 Å². The number of hydrogen-bond acceptors (Lipinski definition) is 2. The number of benzene rings is 1. The van der Waals surface area contributed by atoms with Gasteiger partial charge in [-0.25, -0.2) is 0 Å². The van der Waals surface area contributed by atoms with Gasteiger partial charge in [0.25, 0.3) is 5.91 Å². The first-order chi connectivity index (χ1) is 10.6. The molecule has 0 unspecified atom stereocenters. The summed E-state index contributed by atoms with van der Waals surface area (Å²) in [5, 5.41) is 3.34. The lowest BCUT2D eigenvalue weighted by Gasteiger charge is -2.21. The van der Waals surface area contributed by atoms with E-state index >= 15 is 0 Å². The molecule has 0 aliphatic heterocycles. The van der Waals surface area contributed by atoms with Crippen molar-refractivity contribution >= 4 is 37.8 Å². The number of hydrogen-bond donors (Lipinski definition) is 1. The summed E-state index contributed by atoms with van der Waals surface area (Å²) >= 11 is 6.89. The fourth-order valence-corrected chi connectivity index (χ4v) is 3.54. The molecule has 1 aromatic carbocycles. The maximum absolute atomic E-state index is 12.6. The molecule has 0 spiro atoms. The van der Waals surface area contributed by atoms with Crippen molar-refractivity contribution in [3.63, 3.8) is 0 Å². The largest absolute Gasteiger partial charge is 0.339 e. The van der Waals surface area contributed by atoms with E-state index in [0.717, 1.165) is 47.1 Å². The average molecular weight is 434 g/mol. The highest BCUT2D eigenvalue weighted by Gasteiger charge is 2.16. The molecule has 124 valence electrons. The van der Waals surface area contributed by atoms with Crippen LogP contribution in [0.3, 0.4) is 0 Å². The average Bonchev–Trinajstić information content (AvgIpc) is 2.49. The van der Waals surface area contributed by atoms with E-state index in [2.05, 4.69) is 44.1 Å². The number of carbonyl (C=O) groups is 1. The lowest BCUT2D eigenvalue weighted by molar-refractivity contribution is 0.0760. The van der Waals surface area contributed by atoms with Gasteiger partial charge in [-0.05, 0) is 67.0 Å². The van der Waals surface area contributed by atoms with E-state index in [4.69, 9.17) is 0 Å². The molecule has 0 aliphatic carbocycles. The van der Waals surface area contributed by atoms with Crippen LogP contribution in [0, 0.1) is 0 Å². The second-order valence-corrected chi connectivity index (χ2v) is 7.05. The first-order valence-electron chi connectivity index (χ1n) is 8.05. The van der Waals surface area contributed by atoms with Crippen molar-refractivity contribution in [3.05, 3.63) is 32.7 Å². The Morgan fingerprint density at radius 2 is 1.86 bits per heavy atom. The number of carbonyl (C=O) groups excluding carboxylic acids is 1. The Kier molecular flexibility index (Phi) is 10.0. The molecule has 3 nitrogen and oxygen atoms in total. The Hall–Kier alpha value is -0.390. The SMILES string of the molecule is CCNCCCCCCN(CC)C(=O)c1ccc(Br)cc1Br. The van der Waals surface area contributed by atoms with Crippen molar-refractivity contribution in [2.75, 3.05) is 26.2 Å². The van der Waals surface area contributed by atoms with E-state index in [9.17, 15) is 4.79 Å². The minimum atomic E-state index is 0.106. The molecule has 0 saturated carbocycles. The summed E-state index contributed by atoms with van der Waals surface area (Å²) in [6, 6.07) is 5.70. The standard InChI is InChI=1S/C17H26Br2N2O/c1-3-20-11-7-5-6-8-12-21(4-2)17(22)15-10-9-14(18)13-16(15)19/h9-10,13,20H,3-8,11-12H2,1-2H3. The number of nitrogens with zero attached hydrogens (tertiary/aromatic N) is 1. The summed E-state index contributed by atoms with van der Waals surface area (Å²) in [6.07, 6.45) is 4.68. The zero-order valence-electron chi connectivity index (χ0n) is 13.5. The van der Waals surface area contributed by atoms with Gasteiger partial charge in [0.2, 0.25) is 0 Å². The van der Waals surface area contributed by atoms with Crippen LogP contribution in [0.15, 0.2) is 27.1 Å². The summed E-state index contributed by atoms with van der Waals surface area (Å²) in [5.74, 6) is 0.106. The van der Waals surface area contributed by atoms with Gasteiger partial charge in [-0.2, -0.15) is 0 Å². The molecular weight excluding hydrogens is 408 g/mol. The van der Waals surface area contributed by atoms with Crippen molar-refractivity contribution in [1.29, 1.82) is 0 Å². The van der Waals surface area contributed by atoms with E-state index < -0.39 is 0 Å². The van der Waals surface area contributed by atoms with Crippen LogP contribution in [0.2, 0.25) is 0 Å². The Morgan fingerprint density at radius 1 is 1.14 bits per heavy atom. The molecule has 0 fully saturated rings. The monoisotopic (exact) mass is 432 g/mol. The van der Waals surface area contributed by atoms with Crippen LogP contribution in [-0.2, 0) is 0 Å². The minimum absolute atomic E-state index is 0.106. The molecule has 1 amide bonds. The summed E-state index contributed by atoms with van der Waals surface area (Å²) in [6.45, 7) is 7.89. The maximum atomic E-state index is 12.6. The Balaban J connectivity index is 2.41. The minimum Gasteiger partial charge on any atom is -0.339 e. The number of amides is 1. The molecule has 0 heterocycles. The summed E-state index contributed by atoms with van der Waals surface area (Å²) in [5.41, 5.74) is 0.734. The van der Waals surface area contributed by atoms with Crippen LogP contribution in [0.4, 0.5) is 0 Å². The lowest BCUT2D eigenvalue weighted by atomic mass is 10.1. The molecule has 0 bridgehead atoms. The molecule has 0 saturated heterocycles. The van der Waals surface area contributed by atoms with E-state index in [1.165, 1.54) is 19.3 Å². The predicted molar refractivity (Wildman–Crippen MR) is 100 cm³/mol. The second kappa shape index (κ2) is 11.2. The Labute approximate surface area is 151 Å². The highest BCUT2D eigenvalue weighted by Crippen LogP contribution is 2.23. The Bertz CT molecular complexity index is 466. The third kappa shape index (κ3) is 6.80. The molecule has 1 N–H and O–H groups in total. The highest BCUT2D eigenvalue weighted by molar-refractivity contribution is 9.11. The molecule has 1 aromatic rings. The third-order valence-corrected chi connectivity index (χ3v) is 4.76. The van der Waals surface area contributed by atoms with Crippen LogP contribution in [0.5, 0.6) is 0 Å². The van der Waals surface area contributed by atoms with Gasteiger partial charge in [0.05, 0.1) is 5.56 Å². The van der Waals surface area contributed by atoms with Gasteiger partial charge < -0.3 is 10.2 Å². The third-order valence-electron chi connectivity index (χ3n) is 3.61. The molecule has 5 heteroatoms. The number of halogens is 2. The van der Waals surface area contributed by atoms with Crippen LogP contribution in [0.1, 0.15) is 49.9 Å². The van der Waals surface area contributed by atoms with E-state index in [0.29, 0.717) is 0 Å². The normalized spacial score (nSPS) is 10.7. The van der Waals surface area contributed by atoms with Gasteiger partial charge in [0.1, 0.15) is 0 Å². The van der Waals surface area contributed by atoms with Crippen molar-refractivity contribution < 1.29 is 4.79 Å². The number of rotatable bonds is 10. The van der Waals surface area contributed by atoms with Crippen molar-refractivity contribution in [2.45, 2.75) is 39.5 Å². The van der Waals surface area contributed by atoms with Crippen molar-refractivity contribution in [2.24, 2.45) is 0 Å². The van der Waals surface area contributed by atoms with Crippen LogP contribution >= 0.6 is 31.9 Å². The maximum Gasteiger partial charge on any atom is 0.254 e. The molecule has 22 heavy (non-hydrogen) atoms. The van der Waals surface area contributed by atoms with Crippen LogP contribution in [0.25, 0.3) is 0 Å². The first-order valence-corrected chi connectivity index (χ1v) is 9.63. The lowest BCUT2D eigenvalue weighted by Crippen LogP contribution is -2.32. The van der Waals surface area contributed by atoms with E-state index in [1.54, 1.807) is 0 Å². The van der Waals surface area contributed by atoms with Gasteiger partial charge in [-0.1, -0.05) is 35.7 Å². The molecular formula is C17H26Br2N2O. The van der Waals surface area contributed by atoms with Gasteiger partial charge >= 0.3 is 0 Å². The second-order valence-electron chi connectivity index (χ2n) is 5.28. The highest BCUT2D eigenvalue weighted by atomic mass is 79.9. The number of nitrogens with one attached hydrogen (secondary N) is 1. The topological polar surface area (TPSA) is 32.3 Å². The predicted octanol–water partition coefficient (Wildman–Crippen LogP) is 4.84. The van der Waals surface area contributed by atoms with Crippen molar-refractivity contribution in [3.8, 4) is 0 Å². The quantitative estimate of drug-likeness (QED) is 0.535. The van der Waals surface area contributed by atoms with Gasteiger partial charge in [-0.3, -0.25) is 4.79 Å². The Morgan fingerprint density at radius 3 is 2.50 bits per heavy atom. The zero-order valence-corrected chi connectivity index (χ0v) is 16.7. The smallest absolute Gasteiger partial charge is 0.254 e. The first kappa shape index (κ1) is 19.7. The summed E-state index contributed by atoms with van der Waals surface area (Å²) in [4.78, 5) is 14.5. The van der Waals surface area contributed by atoms with Crippen LogP contribution in [-0.4, -0.2) is 37.0 Å². The fraction of sp³-hybridized carbons (Fsp3) is 0.588.